The molecule has 0 amide bonds. The Hall–Kier alpha value is -9.28. The zero-order valence-electron chi connectivity index (χ0n) is 53.5. The van der Waals surface area contributed by atoms with E-state index in [1.54, 1.807) is 0 Å². The van der Waals surface area contributed by atoms with Gasteiger partial charge in [0.15, 0.2) is 0 Å². The molecule has 1 unspecified atom stereocenters. The van der Waals surface area contributed by atoms with Gasteiger partial charge in [-0.15, -0.1) is 12.8 Å². The van der Waals surface area contributed by atoms with Crippen LogP contribution in [-0.2, 0) is 16.2 Å². The fraction of sp³-hybridized carbons (Fsp3) is 0.318. The van der Waals surface area contributed by atoms with Gasteiger partial charge in [-0.05, 0) is 186 Å². The van der Waals surface area contributed by atoms with Crippen LogP contribution in [0, 0.1) is 72.4 Å². The van der Waals surface area contributed by atoms with Crippen LogP contribution in [0.5, 0.6) is 11.5 Å². The lowest BCUT2D eigenvalue weighted by Crippen LogP contribution is -2.28. The van der Waals surface area contributed by atoms with Crippen LogP contribution in [0.1, 0.15) is 207 Å². The summed E-state index contributed by atoms with van der Waals surface area (Å²) in [5, 5.41) is 0. The standard InChI is InChI=1S/C88H84O2/c1-7-12-17-22-25-32-58-86(6)79-41-30-28-38-74(79)76-56-46-68(65-82(76)86)73-40-37-43-81-85(73)78-57-45-67(66-44-55-77-75-39-29-31-42-80(75)87(83(77)63-66,59-33-26-23-18-13-8-2)60-34-27-24-19-14-9-3)64-84(78)88(81,69-47-51-71(52-48-69)89-61-35-20-15-10-4)70-49-53-72(54-50-70)90-62-36-21-16-11-5/h4-5,28-31,37-57,63-65H,7-9,12-14,17-19,22-27,32-34,58-60H2,1-3,6H3. The highest BCUT2D eigenvalue weighted by Crippen LogP contribution is 2.61. The lowest BCUT2D eigenvalue weighted by molar-refractivity contribution is 0.398. The molecule has 2 heteroatoms. The summed E-state index contributed by atoms with van der Waals surface area (Å²) in [6, 6.07) is 64.5. The van der Waals surface area contributed by atoms with Crippen molar-refractivity contribution in [1.82, 2.24) is 0 Å². The third kappa shape index (κ3) is 12.5. The largest absolute Gasteiger partial charge is 0.407 e. The summed E-state index contributed by atoms with van der Waals surface area (Å²) in [6.45, 7) is 9.43. The second-order valence-electron chi connectivity index (χ2n) is 25.3. The van der Waals surface area contributed by atoms with Crippen LogP contribution in [0.4, 0.5) is 0 Å². The van der Waals surface area contributed by atoms with E-state index in [0.717, 1.165) is 30.4 Å². The van der Waals surface area contributed by atoms with Crippen molar-refractivity contribution in [3.8, 4) is 140 Å². The van der Waals surface area contributed by atoms with Crippen LogP contribution in [0.3, 0.4) is 0 Å². The topological polar surface area (TPSA) is 18.5 Å². The van der Waals surface area contributed by atoms with E-state index in [0.29, 0.717) is 11.5 Å². The molecule has 11 rings (SSSR count). The molecule has 0 spiro atoms. The van der Waals surface area contributed by atoms with Crippen molar-refractivity contribution in [2.75, 3.05) is 0 Å². The molecule has 0 saturated heterocycles. The Morgan fingerprint density at radius 3 is 1.31 bits per heavy atom. The highest BCUT2D eigenvalue weighted by Gasteiger charge is 2.48. The van der Waals surface area contributed by atoms with Crippen molar-refractivity contribution in [3.05, 3.63) is 214 Å². The Balaban J connectivity index is 1.10. The summed E-state index contributed by atoms with van der Waals surface area (Å²) in [7, 11) is 0. The zero-order valence-corrected chi connectivity index (χ0v) is 53.5. The maximum Gasteiger partial charge on any atom is 0.140 e. The van der Waals surface area contributed by atoms with Crippen LogP contribution in [0.15, 0.2) is 170 Å². The van der Waals surface area contributed by atoms with Crippen molar-refractivity contribution in [1.29, 1.82) is 0 Å². The third-order valence-corrected chi connectivity index (χ3v) is 19.9. The first-order chi connectivity index (χ1) is 44.3. The summed E-state index contributed by atoms with van der Waals surface area (Å²) in [5.41, 5.74) is 22.2. The van der Waals surface area contributed by atoms with Crippen molar-refractivity contribution < 1.29 is 9.47 Å². The molecule has 0 bridgehead atoms. The Labute approximate surface area is 539 Å². The molecule has 2 nitrogen and oxygen atoms in total. The Morgan fingerprint density at radius 1 is 0.333 bits per heavy atom. The average Bonchev–Trinajstić information content (AvgIpc) is 1.53. The minimum Gasteiger partial charge on any atom is -0.407 e. The number of benzene rings is 8. The van der Waals surface area contributed by atoms with Crippen LogP contribution in [0.2, 0.25) is 0 Å². The SMILES string of the molecule is C#CC#CC#COc1ccc(C2(c3ccc(OC#CC#CC#C)cc3)c3cc(-c4ccc5c(c4)C(CCCCCCCC)(CCCCCCCC)c4ccccc4-5)ccc3-c3c(-c4ccc5c(c4)C(C)(CCCCCCCC)c4ccccc4-5)cccc32)cc1. The van der Waals surface area contributed by atoms with Gasteiger partial charge < -0.3 is 9.47 Å². The van der Waals surface area contributed by atoms with E-state index in [-0.39, 0.29) is 10.8 Å². The number of fused-ring (bicyclic) bond motifs is 9. The van der Waals surface area contributed by atoms with E-state index in [9.17, 15) is 0 Å². The number of hydrogen-bond acceptors (Lipinski definition) is 2. The van der Waals surface area contributed by atoms with Gasteiger partial charge in [0.2, 0.25) is 0 Å². The first-order valence-corrected chi connectivity index (χ1v) is 33.6. The molecule has 0 fully saturated rings. The quantitative estimate of drug-likeness (QED) is 0.0377. The van der Waals surface area contributed by atoms with E-state index in [4.69, 9.17) is 22.3 Å². The van der Waals surface area contributed by atoms with Crippen molar-refractivity contribution >= 4 is 0 Å². The summed E-state index contributed by atoms with van der Waals surface area (Å²) in [5.74, 6) is 21.8. The molecule has 8 aromatic carbocycles. The Kier molecular flexibility index (Phi) is 20.3. The lowest BCUT2D eigenvalue weighted by atomic mass is 9.67. The van der Waals surface area contributed by atoms with Crippen LogP contribution in [0.25, 0.3) is 55.6 Å². The molecule has 0 aliphatic heterocycles. The average molecular weight is 1170 g/mol. The predicted molar refractivity (Wildman–Crippen MR) is 377 cm³/mol. The zero-order chi connectivity index (χ0) is 62.2. The first-order valence-electron chi connectivity index (χ1n) is 33.6. The Bertz CT molecular complexity index is 4110. The highest BCUT2D eigenvalue weighted by atomic mass is 16.5. The van der Waals surface area contributed by atoms with Gasteiger partial charge in [-0.1, -0.05) is 271 Å². The van der Waals surface area contributed by atoms with Gasteiger partial charge in [0.1, 0.15) is 23.7 Å². The number of ether oxygens (including phenoxy) is 2. The van der Waals surface area contributed by atoms with Gasteiger partial charge >= 0.3 is 0 Å². The molecule has 0 aromatic heterocycles. The van der Waals surface area contributed by atoms with Crippen LogP contribution >= 0.6 is 0 Å². The molecule has 448 valence electrons. The number of rotatable bonds is 27. The van der Waals surface area contributed by atoms with E-state index in [1.807, 2.05) is 24.3 Å². The molecule has 3 aliphatic rings. The monoisotopic (exact) mass is 1170 g/mol. The molecule has 1 atom stereocenters. The molecule has 90 heavy (non-hydrogen) atoms. The maximum atomic E-state index is 5.99. The summed E-state index contributed by atoms with van der Waals surface area (Å²) in [6.07, 6.45) is 42.7. The molecule has 0 saturated carbocycles. The van der Waals surface area contributed by atoms with Gasteiger partial charge in [0.25, 0.3) is 0 Å². The second kappa shape index (κ2) is 29.4. The van der Waals surface area contributed by atoms with E-state index >= 15 is 0 Å². The molecule has 0 heterocycles. The number of unbranched alkanes of at least 4 members (excludes halogenated alkanes) is 15. The van der Waals surface area contributed by atoms with E-state index in [1.165, 1.54) is 205 Å². The van der Waals surface area contributed by atoms with Gasteiger partial charge in [0.05, 0.1) is 5.41 Å². The van der Waals surface area contributed by atoms with Crippen molar-refractivity contribution in [2.45, 2.75) is 179 Å². The summed E-state index contributed by atoms with van der Waals surface area (Å²) >= 11 is 0. The van der Waals surface area contributed by atoms with Crippen LogP contribution in [-0.4, -0.2) is 0 Å². The summed E-state index contributed by atoms with van der Waals surface area (Å²) < 4.78 is 12.0. The fourth-order valence-electron chi connectivity index (χ4n) is 15.5. The number of hydrogen-bond donors (Lipinski definition) is 0. The maximum absolute atomic E-state index is 5.99. The molecular weight excluding hydrogens is 1090 g/mol. The molecule has 0 N–H and O–H groups in total. The molecule has 8 aromatic rings. The molecule has 0 radical (unpaired) electrons. The van der Waals surface area contributed by atoms with E-state index in [2.05, 4.69) is 233 Å². The normalized spacial score (nSPS) is 14.3. The molecular formula is C88H84O2. The Morgan fingerprint density at radius 2 is 0.756 bits per heavy atom. The molecule has 3 aliphatic carbocycles. The van der Waals surface area contributed by atoms with Gasteiger partial charge in [-0.2, -0.15) is 0 Å². The predicted octanol–water partition coefficient (Wildman–Crippen LogP) is 22.1. The minimum atomic E-state index is -0.826. The first kappa shape index (κ1) is 62.3. The van der Waals surface area contributed by atoms with Gasteiger partial charge in [0, 0.05) is 34.5 Å². The van der Waals surface area contributed by atoms with Crippen LogP contribution < -0.4 is 9.47 Å². The summed E-state index contributed by atoms with van der Waals surface area (Å²) in [4.78, 5) is 0. The highest BCUT2D eigenvalue weighted by molar-refractivity contribution is 5.98. The number of terminal acetylenes is 2. The van der Waals surface area contributed by atoms with E-state index < -0.39 is 5.41 Å². The van der Waals surface area contributed by atoms with Gasteiger partial charge in [-0.25, -0.2) is 0 Å². The minimum absolute atomic E-state index is 0.0604. The third-order valence-electron chi connectivity index (χ3n) is 19.9. The lowest BCUT2D eigenvalue weighted by Gasteiger charge is -2.34. The smallest absolute Gasteiger partial charge is 0.140 e. The van der Waals surface area contributed by atoms with Gasteiger partial charge in [-0.3, -0.25) is 0 Å². The van der Waals surface area contributed by atoms with Crippen molar-refractivity contribution in [3.63, 3.8) is 0 Å². The van der Waals surface area contributed by atoms with Crippen molar-refractivity contribution in [2.24, 2.45) is 0 Å². The second-order valence-corrected chi connectivity index (χ2v) is 25.3. The fourth-order valence-corrected chi connectivity index (χ4v) is 15.5.